The van der Waals surface area contributed by atoms with Crippen LogP contribution in [0.2, 0.25) is 0 Å². The number of hydrogen-bond acceptors (Lipinski definition) is 2. The quantitative estimate of drug-likeness (QED) is 0.681. The molecule has 0 bridgehead atoms. The van der Waals surface area contributed by atoms with Crippen molar-refractivity contribution in [1.82, 2.24) is 4.90 Å². The molecule has 4 heteroatoms. The van der Waals surface area contributed by atoms with Gasteiger partial charge in [0.05, 0.1) is 13.2 Å². The minimum Gasteiger partial charge on any atom is -0.497 e. The van der Waals surface area contributed by atoms with E-state index in [4.69, 9.17) is 4.74 Å². The topological polar surface area (TPSA) is 29.5 Å². The Morgan fingerprint density at radius 3 is 2.59 bits per heavy atom. The van der Waals surface area contributed by atoms with Gasteiger partial charge in [0.25, 0.3) is 5.91 Å². The van der Waals surface area contributed by atoms with Crippen molar-refractivity contribution in [1.29, 1.82) is 0 Å². The number of benzene rings is 3. The third-order valence-electron chi connectivity index (χ3n) is 5.03. The molecule has 3 aromatic carbocycles. The van der Waals surface area contributed by atoms with Crippen LogP contribution in [0.25, 0.3) is 0 Å². The van der Waals surface area contributed by atoms with Crippen LogP contribution in [0.4, 0.5) is 4.39 Å². The van der Waals surface area contributed by atoms with E-state index in [9.17, 15) is 9.18 Å². The molecule has 1 amide bonds. The van der Waals surface area contributed by atoms with Crippen molar-refractivity contribution in [2.24, 2.45) is 0 Å². The van der Waals surface area contributed by atoms with Crippen LogP contribution in [0.3, 0.4) is 0 Å². The Morgan fingerprint density at radius 2 is 1.85 bits per heavy atom. The molecule has 1 aliphatic heterocycles. The van der Waals surface area contributed by atoms with Crippen molar-refractivity contribution in [3.8, 4) is 5.75 Å². The molecule has 1 atom stereocenters. The van der Waals surface area contributed by atoms with Gasteiger partial charge >= 0.3 is 0 Å². The van der Waals surface area contributed by atoms with Crippen molar-refractivity contribution >= 4 is 5.91 Å². The van der Waals surface area contributed by atoms with Crippen LogP contribution >= 0.6 is 0 Å². The number of carbonyl (C=O) groups is 1. The van der Waals surface area contributed by atoms with E-state index in [-0.39, 0.29) is 11.9 Å². The number of nitrogens with zero attached hydrogens (tertiary/aromatic N) is 1. The normalized spacial score (nSPS) is 15.9. The molecule has 3 aromatic rings. The van der Waals surface area contributed by atoms with Gasteiger partial charge in [-0.05, 0) is 53.4 Å². The fraction of sp³-hybridized carbons (Fsp3) is 0.174. The molecular weight excluding hydrogens is 341 g/mol. The van der Waals surface area contributed by atoms with Gasteiger partial charge in [-0.15, -0.1) is 0 Å². The van der Waals surface area contributed by atoms with E-state index in [2.05, 4.69) is 6.07 Å². The van der Waals surface area contributed by atoms with Gasteiger partial charge in [0.2, 0.25) is 0 Å². The fourth-order valence-corrected chi connectivity index (χ4v) is 3.72. The van der Waals surface area contributed by atoms with Crippen LogP contribution in [-0.4, -0.2) is 24.5 Å². The zero-order valence-electron chi connectivity index (χ0n) is 15.1. The molecule has 136 valence electrons. The first-order chi connectivity index (χ1) is 13.2. The standard InChI is InChI=1S/C23H20FNO2/c1-27-20-11-10-16-12-13-25(23(26)18-8-5-9-19(24)14-18)22(21(16)15-20)17-6-3-2-4-7-17/h2-11,14-15,22H,12-13H2,1H3. The third kappa shape index (κ3) is 3.31. The maximum absolute atomic E-state index is 13.7. The molecule has 0 aromatic heterocycles. The van der Waals surface area contributed by atoms with Gasteiger partial charge in [-0.2, -0.15) is 0 Å². The van der Waals surface area contributed by atoms with Crippen LogP contribution in [0.15, 0.2) is 72.8 Å². The van der Waals surface area contributed by atoms with Crippen LogP contribution in [0.1, 0.15) is 33.1 Å². The second-order valence-corrected chi connectivity index (χ2v) is 6.64. The van der Waals surface area contributed by atoms with Crippen molar-refractivity contribution in [2.75, 3.05) is 13.7 Å². The SMILES string of the molecule is COc1ccc2c(c1)C(c1ccccc1)N(C(=O)c1cccc(F)c1)CC2. The molecule has 0 saturated heterocycles. The molecule has 27 heavy (non-hydrogen) atoms. The van der Waals surface area contributed by atoms with E-state index >= 15 is 0 Å². The van der Waals surface area contributed by atoms with E-state index in [1.54, 1.807) is 19.2 Å². The predicted molar refractivity (Wildman–Crippen MR) is 102 cm³/mol. The summed E-state index contributed by atoms with van der Waals surface area (Å²) in [7, 11) is 1.64. The molecule has 4 rings (SSSR count). The Morgan fingerprint density at radius 1 is 1.04 bits per heavy atom. The summed E-state index contributed by atoms with van der Waals surface area (Å²) in [5.41, 5.74) is 3.64. The second-order valence-electron chi connectivity index (χ2n) is 6.64. The summed E-state index contributed by atoms with van der Waals surface area (Å²) in [4.78, 5) is 15.1. The van der Waals surface area contributed by atoms with Crippen LogP contribution in [-0.2, 0) is 6.42 Å². The van der Waals surface area contributed by atoms with Crippen molar-refractivity contribution in [3.05, 3.63) is 101 Å². The zero-order chi connectivity index (χ0) is 18.8. The molecule has 0 fully saturated rings. The highest BCUT2D eigenvalue weighted by atomic mass is 19.1. The lowest BCUT2D eigenvalue weighted by Crippen LogP contribution is -2.40. The van der Waals surface area contributed by atoms with Crippen molar-refractivity contribution in [3.63, 3.8) is 0 Å². The minimum atomic E-state index is -0.406. The maximum atomic E-state index is 13.7. The fourth-order valence-electron chi connectivity index (χ4n) is 3.72. The van der Waals surface area contributed by atoms with E-state index < -0.39 is 5.82 Å². The number of hydrogen-bond donors (Lipinski definition) is 0. The second kappa shape index (κ2) is 7.23. The molecule has 0 aliphatic carbocycles. The van der Waals surface area contributed by atoms with Gasteiger partial charge in [0, 0.05) is 12.1 Å². The van der Waals surface area contributed by atoms with Gasteiger partial charge in [-0.25, -0.2) is 4.39 Å². The average Bonchev–Trinajstić information content (AvgIpc) is 2.72. The van der Waals surface area contributed by atoms with Gasteiger partial charge < -0.3 is 9.64 Å². The first-order valence-electron chi connectivity index (χ1n) is 8.95. The Balaban J connectivity index is 1.82. The molecular formula is C23H20FNO2. The number of rotatable bonds is 3. The smallest absolute Gasteiger partial charge is 0.254 e. The number of amides is 1. The summed E-state index contributed by atoms with van der Waals surface area (Å²) in [6, 6.07) is 21.6. The summed E-state index contributed by atoms with van der Waals surface area (Å²) in [5, 5.41) is 0. The number of carbonyl (C=O) groups excluding carboxylic acids is 1. The highest BCUT2D eigenvalue weighted by Crippen LogP contribution is 2.37. The van der Waals surface area contributed by atoms with Crippen molar-refractivity contribution < 1.29 is 13.9 Å². The maximum Gasteiger partial charge on any atom is 0.254 e. The summed E-state index contributed by atoms with van der Waals surface area (Å²) in [6.45, 7) is 0.578. The van der Waals surface area contributed by atoms with E-state index in [1.807, 2.05) is 47.4 Å². The highest BCUT2D eigenvalue weighted by Gasteiger charge is 2.33. The molecule has 3 nitrogen and oxygen atoms in total. The van der Waals surface area contributed by atoms with Gasteiger partial charge in [-0.3, -0.25) is 4.79 Å². The molecule has 1 aliphatic rings. The van der Waals surface area contributed by atoms with Gasteiger partial charge in [0.1, 0.15) is 11.6 Å². The molecule has 1 unspecified atom stereocenters. The molecule has 0 N–H and O–H groups in total. The Kier molecular flexibility index (Phi) is 4.63. The first-order valence-corrected chi connectivity index (χ1v) is 8.95. The van der Waals surface area contributed by atoms with Crippen LogP contribution < -0.4 is 4.74 Å². The summed E-state index contributed by atoms with van der Waals surface area (Å²) in [6.07, 6.45) is 0.754. The molecule has 1 heterocycles. The van der Waals surface area contributed by atoms with Gasteiger partial charge in [-0.1, -0.05) is 42.5 Å². The first kappa shape index (κ1) is 17.3. The summed E-state index contributed by atoms with van der Waals surface area (Å²) >= 11 is 0. The Labute approximate surface area is 158 Å². The monoisotopic (exact) mass is 361 g/mol. The lowest BCUT2D eigenvalue weighted by molar-refractivity contribution is 0.0694. The van der Waals surface area contributed by atoms with Crippen molar-refractivity contribution in [2.45, 2.75) is 12.5 Å². The summed E-state index contributed by atoms with van der Waals surface area (Å²) < 4.78 is 19.1. The van der Waals surface area contributed by atoms with Crippen LogP contribution in [0, 0.1) is 5.82 Å². The molecule has 0 spiro atoms. The number of fused-ring (bicyclic) bond motifs is 1. The largest absolute Gasteiger partial charge is 0.497 e. The Hall–Kier alpha value is -3.14. The highest BCUT2D eigenvalue weighted by molar-refractivity contribution is 5.95. The Bertz CT molecular complexity index is 971. The zero-order valence-corrected chi connectivity index (χ0v) is 15.1. The number of ether oxygens (including phenoxy) is 1. The predicted octanol–water partition coefficient (Wildman–Crippen LogP) is 4.62. The molecule has 0 radical (unpaired) electrons. The van der Waals surface area contributed by atoms with E-state index in [1.165, 1.54) is 17.7 Å². The summed E-state index contributed by atoms with van der Waals surface area (Å²) in [5.74, 6) is 0.183. The van der Waals surface area contributed by atoms with E-state index in [0.717, 1.165) is 23.3 Å². The number of halogens is 1. The molecule has 0 saturated carbocycles. The van der Waals surface area contributed by atoms with E-state index in [0.29, 0.717) is 12.1 Å². The minimum absolute atomic E-state index is 0.170. The number of methoxy groups -OCH3 is 1. The lowest BCUT2D eigenvalue weighted by Gasteiger charge is -2.38. The van der Waals surface area contributed by atoms with Gasteiger partial charge in [0.15, 0.2) is 0 Å². The third-order valence-corrected chi connectivity index (χ3v) is 5.03. The lowest BCUT2D eigenvalue weighted by atomic mass is 9.87. The average molecular weight is 361 g/mol. The van der Waals surface area contributed by atoms with Crippen LogP contribution in [0.5, 0.6) is 5.75 Å².